The number of aromatic nitrogens is 2. The van der Waals surface area contributed by atoms with Gasteiger partial charge in [-0.2, -0.15) is 0 Å². The zero-order valence-electron chi connectivity index (χ0n) is 16.6. The topological polar surface area (TPSA) is 84.7 Å². The average molecular weight is 407 g/mol. The smallest absolute Gasteiger partial charge is 0.264 e. The summed E-state index contributed by atoms with van der Waals surface area (Å²) < 4.78 is 6.59. The summed E-state index contributed by atoms with van der Waals surface area (Å²) in [4.78, 5) is 47.0. The van der Waals surface area contributed by atoms with E-state index in [0.29, 0.717) is 53.5 Å². The highest BCUT2D eigenvalue weighted by Crippen LogP contribution is 2.27. The van der Waals surface area contributed by atoms with E-state index in [1.54, 1.807) is 23.8 Å². The van der Waals surface area contributed by atoms with E-state index in [-0.39, 0.29) is 23.9 Å². The van der Waals surface area contributed by atoms with Gasteiger partial charge in [-0.3, -0.25) is 19.0 Å². The van der Waals surface area contributed by atoms with Crippen molar-refractivity contribution < 1.29 is 14.3 Å². The van der Waals surface area contributed by atoms with E-state index >= 15 is 0 Å². The molecule has 2 aromatic rings. The van der Waals surface area contributed by atoms with Gasteiger partial charge in [0.1, 0.15) is 11.4 Å². The van der Waals surface area contributed by atoms with E-state index < -0.39 is 0 Å². The van der Waals surface area contributed by atoms with Gasteiger partial charge in [0.05, 0.1) is 29.8 Å². The Labute approximate surface area is 167 Å². The van der Waals surface area contributed by atoms with Crippen molar-refractivity contribution in [2.24, 2.45) is 0 Å². The predicted molar refractivity (Wildman–Crippen MR) is 108 cm³/mol. The van der Waals surface area contributed by atoms with Crippen molar-refractivity contribution in [2.75, 3.05) is 39.9 Å². The van der Waals surface area contributed by atoms with Gasteiger partial charge in [0.15, 0.2) is 0 Å². The summed E-state index contributed by atoms with van der Waals surface area (Å²) in [5, 5.41) is 0.425. The molecule has 0 unspecified atom stereocenters. The second-order valence-electron chi connectivity index (χ2n) is 6.99. The first-order valence-corrected chi connectivity index (χ1v) is 10.3. The number of carbonyl (C=O) groups is 2. The Kier molecular flexibility index (Phi) is 6.46. The molecule has 8 nitrogen and oxygen atoms in total. The van der Waals surface area contributed by atoms with Gasteiger partial charge in [0, 0.05) is 26.7 Å². The van der Waals surface area contributed by atoms with Gasteiger partial charge < -0.3 is 14.5 Å². The zero-order chi connectivity index (χ0) is 20.3. The molecule has 0 atom stereocenters. The van der Waals surface area contributed by atoms with Gasteiger partial charge in [-0.15, -0.1) is 11.3 Å². The highest BCUT2D eigenvalue weighted by atomic mass is 32.1. The normalized spacial score (nSPS) is 14.5. The van der Waals surface area contributed by atoms with Crippen LogP contribution in [0.2, 0.25) is 0 Å². The lowest BCUT2D eigenvalue weighted by atomic mass is 10.2. The van der Waals surface area contributed by atoms with Crippen LogP contribution in [0.25, 0.3) is 10.2 Å². The van der Waals surface area contributed by atoms with Gasteiger partial charge in [-0.25, -0.2) is 4.98 Å². The highest BCUT2D eigenvalue weighted by Gasteiger charge is 2.23. The molecular weight excluding hydrogens is 380 g/mol. The zero-order valence-corrected chi connectivity index (χ0v) is 17.4. The van der Waals surface area contributed by atoms with Crippen molar-refractivity contribution in [1.82, 2.24) is 19.4 Å². The molecule has 152 valence electrons. The molecule has 0 radical (unpaired) electrons. The van der Waals surface area contributed by atoms with Crippen LogP contribution >= 0.6 is 11.3 Å². The summed E-state index contributed by atoms with van der Waals surface area (Å²) in [5.41, 5.74) is 0.356. The lowest BCUT2D eigenvalue weighted by Gasteiger charge is -2.26. The maximum Gasteiger partial charge on any atom is 0.264 e. The van der Waals surface area contributed by atoms with Crippen molar-refractivity contribution in [3.8, 4) is 0 Å². The summed E-state index contributed by atoms with van der Waals surface area (Å²) in [6.07, 6.45) is 3.33. The quantitative estimate of drug-likeness (QED) is 0.726. The van der Waals surface area contributed by atoms with Gasteiger partial charge >= 0.3 is 0 Å². The molecule has 3 heterocycles. The first-order valence-electron chi connectivity index (χ1n) is 9.53. The SMILES string of the molecule is CCCCN(C)C(=O)c1sc2ncn(CC(=O)N3CCOCC3)c(=O)c2c1C. The number of hydrogen-bond donors (Lipinski definition) is 0. The summed E-state index contributed by atoms with van der Waals surface area (Å²) in [5.74, 6) is -0.223. The van der Waals surface area contributed by atoms with Gasteiger partial charge in [0.2, 0.25) is 5.91 Å². The molecule has 1 aliphatic heterocycles. The fourth-order valence-electron chi connectivity index (χ4n) is 3.20. The number of rotatable bonds is 6. The fraction of sp³-hybridized carbons (Fsp3) is 0.579. The van der Waals surface area contributed by atoms with Crippen LogP contribution in [-0.2, 0) is 16.1 Å². The molecular formula is C19H26N4O4S. The third-order valence-electron chi connectivity index (χ3n) is 4.97. The molecule has 0 saturated carbocycles. The summed E-state index contributed by atoms with van der Waals surface area (Å²) in [6, 6.07) is 0. The molecule has 1 aliphatic rings. The number of aryl methyl sites for hydroxylation is 1. The predicted octanol–water partition coefficient (Wildman–Crippen LogP) is 1.50. The van der Waals surface area contributed by atoms with Crippen LogP contribution < -0.4 is 5.56 Å². The monoisotopic (exact) mass is 406 g/mol. The van der Waals surface area contributed by atoms with Crippen LogP contribution in [0, 0.1) is 6.92 Å². The second-order valence-corrected chi connectivity index (χ2v) is 7.99. The Hall–Kier alpha value is -2.26. The van der Waals surface area contributed by atoms with Crippen molar-refractivity contribution in [3.63, 3.8) is 0 Å². The van der Waals surface area contributed by atoms with Gasteiger partial charge in [-0.1, -0.05) is 13.3 Å². The lowest BCUT2D eigenvalue weighted by molar-refractivity contribution is -0.135. The molecule has 0 bridgehead atoms. The number of unbranched alkanes of at least 4 members (excludes halogenated alkanes) is 1. The second kappa shape index (κ2) is 8.83. The van der Waals surface area contributed by atoms with E-state index in [1.165, 1.54) is 22.2 Å². The number of thiophene rings is 1. The van der Waals surface area contributed by atoms with Crippen molar-refractivity contribution in [1.29, 1.82) is 0 Å². The molecule has 0 N–H and O–H groups in total. The standard InChI is InChI=1S/C19H26N4O4S/c1-4-5-6-21(3)19(26)16-13(2)15-17(28-16)20-12-23(18(15)25)11-14(24)22-7-9-27-10-8-22/h12H,4-11H2,1-3H3. The first-order chi connectivity index (χ1) is 13.4. The van der Waals surface area contributed by atoms with Crippen LogP contribution in [0.3, 0.4) is 0 Å². The maximum atomic E-state index is 13.0. The lowest BCUT2D eigenvalue weighted by Crippen LogP contribution is -2.43. The Morgan fingerprint density at radius 2 is 2.04 bits per heavy atom. The third-order valence-corrected chi connectivity index (χ3v) is 6.16. The van der Waals surface area contributed by atoms with Crippen LogP contribution in [-0.4, -0.2) is 71.1 Å². The highest BCUT2D eigenvalue weighted by molar-refractivity contribution is 7.20. The third kappa shape index (κ3) is 4.10. The molecule has 1 fully saturated rings. The molecule has 28 heavy (non-hydrogen) atoms. The number of amides is 2. The number of morpholine rings is 1. The molecule has 3 rings (SSSR count). The molecule has 0 aliphatic carbocycles. The van der Waals surface area contributed by atoms with Crippen molar-refractivity contribution >= 4 is 33.4 Å². The Morgan fingerprint density at radius 1 is 1.32 bits per heavy atom. The van der Waals surface area contributed by atoms with Crippen LogP contribution in [0.1, 0.15) is 35.0 Å². The minimum absolute atomic E-state index is 0.0588. The molecule has 1 saturated heterocycles. The van der Waals surface area contributed by atoms with Crippen LogP contribution in [0.15, 0.2) is 11.1 Å². The van der Waals surface area contributed by atoms with Crippen molar-refractivity contribution in [3.05, 3.63) is 27.1 Å². The number of nitrogens with zero attached hydrogens (tertiary/aromatic N) is 4. The Bertz CT molecular complexity index is 930. The van der Waals surface area contributed by atoms with E-state index in [1.807, 2.05) is 0 Å². The number of hydrogen-bond acceptors (Lipinski definition) is 6. The molecule has 9 heteroatoms. The molecule has 2 amide bonds. The van der Waals surface area contributed by atoms with Crippen molar-refractivity contribution in [2.45, 2.75) is 33.2 Å². The largest absolute Gasteiger partial charge is 0.378 e. The van der Waals surface area contributed by atoms with Gasteiger partial charge in [-0.05, 0) is 18.9 Å². The van der Waals surface area contributed by atoms with Crippen LogP contribution in [0.5, 0.6) is 0 Å². The number of carbonyl (C=O) groups excluding carboxylic acids is 2. The average Bonchev–Trinajstić information content (AvgIpc) is 3.05. The molecule has 0 aromatic carbocycles. The van der Waals surface area contributed by atoms with E-state index in [9.17, 15) is 14.4 Å². The van der Waals surface area contributed by atoms with E-state index in [4.69, 9.17) is 4.74 Å². The van der Waals surface area contributed by atoms with Gasteiger partial charge in [0.25, 0.3) is 11.5 Å². The summed E-state index contributed by atoms with van der Waals surface area (Å²) in [7, 11) is 1.77. The van der Waals surface area contributed by atoms with Crippen LogP contribution in [0.4, 0.5) is 0 Å². The molecule has 2 aromatic heterocycles. The molecule has 0 spiro atoms. The minimum atomic E-state index is -0.282. The summed E-state index contributed by atoms with van der Waals surface area (Å²) in [6.45, 7) is 6.56. The maximum absolute atomic E-state index is 13.0. The Morgan fingerprint density at radius 3 is 2.71 bits per heavy atom. The number of ether oxygens (including phenoxy) is 1. The Balaban J connectivity index is 1.87. The minimum Gasteiger partial charge on any atom is -0.378 e. The summed E-state index contributed by atoms with van der Waals surface area (Å²) >= 11 is 1.24. The van der Waals surface area contributed by atoms with E-state index in [0.717, 1.165) is 12.8 Å². The number of fused-ring (bicyclic) bond motifs is 1. The first kappa shape index (κ1) is 20.5. The van der Waals surface area contributed by atoms with E-state index in [2.05, 4.69) is 11.9 Å². The fourth-order valence-corrected chi connectivity index (χ4v) is 4.34.